The van der Waals surface area contributed by atoms with Crippen LogP contribution in [-0.4, -0.2) is 29.9 Å². The highest BCUT2D eigenvalue weighted by molar-refractivity contribution is 7.10. The number of thiophene rings is 1. The largest absolute Gasteiger partial charge is 0.336 e. The van der Waals surface area contributed by atoms with Gasteiger partial charge < -0.3 is 10.6 Å². The second kappa shape index (κ2) is 5.95. The lowest BCUT2D eigenvalue weighted by molar-refractivity contribution is 0.0690. The summed E-state index contributed by atoms with van der Waals surface area (Å²) in [7, 11) is 0. The molecule has 3 nitrogen and oxygen atoms in total. The molecule has 0 radical (unpaired) electrons. The zero-order valence-electron chi connectivity index (χ0n) is 11.5. The maximum absolute atomic E-state index is 13.0. The Kier molecular flexibility index (Phi) is 4.03. The third kappa shape index (κ3) is 3.14. The SMILES string of the molecule is NC1CC(c2cccs2)CN(C(=O)c2ccc(F)cc2)C1. The van der Waals surface area contributed by atoms with E-state index in [4.69, 9.17) is 5.73 Å². The maximum Gasteiger partial charge on any atom is 0.253 e. The molecule has 1 fully saturated rings. The van der Waals surface area contributed by atoms with Gasteiger partial charge in [0.05, 0.1) is 0 Å². The highest BCUT2D eigenvalue weighted by atomic mass is 32.1. The van der Waals surface area contributed by atoms with Gasteiger partial charge in [0.1, 0.15) is 5.82 Å². The highest BCUT2D eigenvalue weighted by Gasteiger charge is 2.30. The molecule has 0 spiro atoms. The topological polar surface area (TPSA) is 46.3 Å². The summed E-state index contributed by atoms with van der Waals surface area (Å²) in [6.45, 7) is 1.22. The first-order valence-corrected chi connectivity index (χ1v) is 7.85. The van der Waals surface area contributed by atoms with Crippen LogP contribution in [0.4, 0.5) is 4.39 Å². The van der Waals surface area contributed by atoms with Crippen LogP contribution in [0.2, 0.25) is 0 Å². The van der Waals surface area contributed by atoms with E-state index in [1.807, 2.05) is 11.4 Å². The van der Waals surface area contributed by atoms with Gasteiger partial charge >= 0.3 is 0 Å². The summed E-state index contributed by atoms with van der Waals surface area (Å²) in [5.41, 5.74) is 6.62. The smallest absolute Gasteiger partial charge is 0.253 e. The Morgan fingerprint density at radius 3 is 2.67 bits per heavy atom. The van der Waals surface area contributed by atoms with Crippen LogP contribution in [0, 0.1) is 5.82 Å². The van der Waals surface area contributed by atoms with E-state index < -0.39 is 0 Å². The Morgan fingerprint density at radius 2 is 2.00 bits per heavy atom. The minimum atomic E-state index is -0.335. The lowest BCUT2D eigenvalue weighted by Gasteiger charge is -2.36. The molecule has 3 rings (SSSR count). The lowest BCUT2D eigenvalue weighted by atomic mass is 9.93. The van der Waals surface area contributed by atoms with Crippen LogP contribution in [0.5, 0.6) is 0 Å². The van der Waals surface area contributed by atoms with Gasteiger partial charge in [0, 0.05) is 35.5 Å². The van der Waals surface area contributed by atoms with Gasteiger partial charge in [-0.1, -0.05) is 6.07 Å². The highest BCUT2D eigenvalue weighted by Crippen LogP contribution is 2.30. The second-order valence-corrected chi connectivity index (χ2v) is 6.40. The number of hydrogen-bond donors (Lipinski definition) is 1. The fraction of sp³-hybridized carbons (Fsp3) is 0.312. The number of piperidine rings is 1. The number of hydrogen-bond acceptors (Lipinski definition) is 3. The molecule has 1 saturated heterocycles. The molecule has 2 heterocycles. The summed E-state index contributed by atoms with van der Waals surface area (Å²) in [5, 5.41) is 2.04. The second-order valence-electron chi connectivity index (χ2n) is 5.43. The predicted octanol–water partition coefficient (Wildman–Crippen LogP) is 2.84. The molecule has 1 aromatic carbocycles. The van der Waals surface area contributed by atoms with Gasteiger partial charge in [0.15, 0.2) is 0 Å². The number of benzene rings is 1. The molecule has 1 aromatic heterocycles. The molecule has 0 saturated carbocycles. The Balaban J connectivity index is 1.78. The monoisotopic (exact) mass is 304 g/mol. The van der Waals surface area contributed by atoms with E-state index in [1.165, 1.54) is 29.1 Å². The van der Waals surface area contributed by atoms with E-state index in [0.717, 1.165) is 6.42 Å². The maximum atomic E-state index is 13.0. The number of carbonyl (C=O) groups is 1. The van der Waals surface area contributed by atoms with Crippen molar-refractivity contribution < 1.29 is 9.18 Å². The number of nitrogens with zero attached hydrogens (tertiary/aromatic N) is 1. The molecule has 1 amide bonds. The average Bonchev–Trinajstić information content (AvgIpc) is 3.01. The van der Waals surface area contributed by atoms with Crippen molar-refractivity contribution in [1.29, 1.82) is 0 Å². The third-order valence-corrected chi connectivity index (χ3v) is 4.84. The first kappa shape index (κ1) is 14.2. The van der Waals surface area contributed by atoms with E-state index in [9.17, 15) is 9.18 Å². The van der Waals surface area contributed by atoms with Crippen molar-refractivity contribution in [2.45, 2.75) is 18.4 Å². The first-order chi connectivity index (χ1) is 10.1. The summed E-state index contributed by atoms with van der Waals surface area (Å²) in [4.78, 5) is 15.6. The van der Waals surface area contributed by atoms with E-state index in [1.54, 1.807) is 16.2 Å². The quantitative estimate of drug-likeness (QED) is 0.927. The minimum absolute atomic E-state index is 0.0183. The molecule has 0 aliphatic carbocycles. The van der Waals surface area contributed by atoms with E-state index in [0.29, 0.717) is 18.7 Å². The van der Waals surface area contributed by atoms with Crippen molar-refractivity contribution in [3.63, 3.8) is 0 Å². The van der Waals surface area contributed by atoms with E-state index in [2.05, 4.69) is 6.07 Å². The molecule has 0 bridgehead atoms. The van der Waals surface area contributed by atoms with Crippen molar-refractivity contribution in [2.24, 2.45) is 5.73 Å². The molecule has 2 atom stereocenters. The van der Waals surface area contributed by atoms with Gasteiger partial charge in [0.25, 0.3) is 5.91 Å². The van der Waals surface area contributed by atoms with E-state index in [-0.39, 0.29) is 23.7 Å². The number of likely N-dealkylation sites (tertiary alicyclic amines) is 1. The van der Waals surface area contributed by atoms with Crippen molar-refractivity contribution in [3.05, 3.63) is 58.0 Å². The van der Waals surface area contributed by atoms with Crippen LogP contribution >= 0.6 is 11.3 Å². The van der Waals surface area contributed by atoms with Gasteiger partial charge in [-0.15, -0.1) is 11.3 Å². The molecule has 2 aromatic rings. The van der Waals surface area contributed by atoms with Crippen molar-refractivity contribution in [3.8, 4) is 0 Å². The number of amides is 1. The van der Waals surface area contributed by atoms with Gasteiger partial charge in [-0.25, -0.2) is 4.39 Å². The number of rotatable bonds is 2. The Hall–Kier alpha value is -1.72. The fourth-order valence-corrected chi connectivity index (χ4v) is 3.64. The molecular weight excluding hydrogens is 287 g/mol. The Morgan fingerprint density at radius 1 is 1.24 bits per heavy atom. The summed E-state index contributed by atoms with van der Waals surface area (Å²) in [5.74, 6) is -0.122. The normalized spacial score (nSPS) is 22.3. The molecule has 2 unspecified atom stereocenters. The fourth-order valence-electron chi connectivity index (χ4n) is 2.81. The van der Waals surface area contributed by atoms with Crippen LogP contribution in [0.3, 0.4) is 0 Å². The summed E-state index contributed by atoms with van der Waals surface area (Å²) >= 11 is 1.70. The zero-order valence-corrected chi connectivity index (χ0v) is 12.4. The average molecular weight is 304 g/mol. The standard InChI is InChI=1S/C16H17FN2OS/c17-13-5-3-11(4-6-13)16(20)19-9-12(8-14(18)10-19)15-2-1-7-21-15/h1-7,12,14H,8-10,18H2. The molecule has 2 N–H and O–H groups in total. The van der Waals surface area contributed by atoms with Crippen LogP contribution in [0.25, 0.3) is 0 Å². The van der Waals surface area contributed by atoms with Gasteiger partial charge in [-0.3, -0.25) is 4.79 Å². The van der Waals surface area contributed by atoms with Crippen LogP contribution in [0.1, 0.15) is 27.6 Å². The van der Waals surface area contributed by atoms with Gasteiger partial charge in [-0.2, -0.15) is 0 Å². The van der Waals surface area contributed by atoms with Crippen molar-refractivity contribution >= 4 is 17.2 Å². The third-order valence-electron chi connectivity index (χ3n) is 3.81. The molecular formula is C16H17FN2OS. The van der Waals surface area contributed by atoms with Crippen molar-refractivity contribution in [1.82, 2.24) is 4.90 Å². The van der Waals surface area contributed by atoms with Gasteiger partial charge in [0.2, 0.25) is 0 Å². The number of nitrogens with two attached hydrogens (primary N) is 1. The predicted molar refractivity (Wildman–Crippen MR) is 82.0 cm³/mol. The molecule has 5 heteroatoms. The Labute approximate surface area is 127 Å². The van der Waals surface area contributed by atoms with Crippen LogP contribution in [-0.2, 0) is 0 Å². The van der Waals surface area contributed by atoms with Gasteiger partial charge in [-0.05, 0) is 42.1 Å². The molecule has 1 aliphatic rings. The molecule has 21 heavy (non-hydrogen) atoms. The summed E-state index contributed by atoms with van der Waals surface area (Å²) in [6, 6.07) is 9.77. The van der Waals surface area contributed by atoms with Crippen LogP contribution < -0.4 is 5.73 Å². The van der Waals surface area contributed by atoms with Crippen LogP contribution in [0.15, 0.2) is 41.8 Å². The Bertz CT molecular complexity index is 612. The number of carbonyl (C=O) groups excluding carboxylic acids is 1. The molecule has 110 valence electrons. The lowest BCUT2D eigenvalue weighted by Crippen LogP contribution is -2.48. The molecule has 1 aliphatic heterocycles. The summed E-state index contributed by atoms with van der Waals surface area (Å²) < 4.78 is 13.0. The van der Waals surface area contributed by atoms with Crippen molar-refractivity contribution in [2.75, 3.05) is 13.1 Å². The summed E-state index contributed by atoms with van der Waals surface area (Å²) in [6.07, 6.45) is 0.897. The first-order valence-electron chi connectivity index (χ1n) is 6.97. The minimum Gasteiger partial charge on any atom is -0.336 e. The van der Waals surface area contributed by atoms with E-state index >= 15 is 0 Å². The zero-order chi connectivity index (χ0) is 14.8. The number of halogens is 1.